The van der Waals surface area contributed by atoms with E-state index in [1.165, 1.54) is 12.1 Å². The van der Waals surface area contributed by atoms with Crippen LogP contribution in [0.2, 0.25) is 0 Å². The van der Waals surface area contributed by atoms with Gasteiger partial charge in [-0.25, -0.2) is 13.6 Å². The van der Waals surface area contributed by atoms with Crippen LogP contribution < -0.4 is 10.6 Å². The van der Waals surface area contributed by atoms with Gasteiger partial charge in [0.05, 0.1) is 12.1 Å². The number of urea groups is 1. The van der Waals surface area contributed by atoms with E-state index in [2.05, 4.69) is 10.6 Å². The topological polar surface area (TPSA) is 61.4 Å². The number of halogens is 2. The fraction of sp³-hybridized carbons (Fsp3) is 0.500. The molecule has 0 spiro atoms. The molecule has 0 saturated carbocycles. The van der Waals surface area contributed by atoms with Crippen LogP contribution in [-0.4, -0.2) is 23.8 Å². The summed E-state index contributed by atoms with van der Waals surface area (Å²) in [7, 11) is 0. The lowest BCUT2D eigenvalue weighted by molar-refractivity contribution is 0.124. The minimum absolute atomic E-state index is 0.0217. The minimum Gasteiger partial charge on any atom is -0.391 e. The average molecular weight is 286 g/mol. The van der Waals surface area contributed by atoms with Gasteiger partial charge in [0.1, 0.15) is 0 Å². The molecule has 2 amide bonds. The zero-order valence-corrected chi connectivity index (χ0v) is 11.8. The van der Waals surface area contributed by atoms with Crippen LogP contribution in [0.1, 0.15) is 32.4 Å². The van der Waals surface area contributed by atoms with Crippen molar-refractivity contribution in [2.45, 2.75) is 32.9 Å². The van der Waals surface area contributed by atoms with Crippen molar-refractivity contribution in [3.8, 4) is 0 Å². The maximum absolute atomic E-state index is 13.5. The van der Waals surface area contributed by atoms with Crippen molar-refractivity contribution in [1.82, 2.24) is 10.6 Å². The van der Waals surface area contributed by atoms with E-state index in [0.29, 0.717) is 0 Å². The lowest BCUT2D eigenvalue weighted by atomic mass is 10.1. The molecule has 112 valence electrons. The fourth-order valence-corrected chi connectivity index (χ4v) is 1.61. The molecule has 2 atom stereocenters. The molecule has 0 saturated heterocycles. The Morgan fingerprint density at radius 3 is 2.55 bits per heavy atom. The molecule has 1 aromatic rings. The van der Waals surface area contributed by atoms with E-state index >= 15 is 0 Å². The van der Waals surface area contributed by atoms with Gasteiger partial charge in [-0.15, -0.1) is 0 Å². The van der Waals surface area contributed by atoms with Crippen molar-refractivity contribution in [2.24, 2.45) is 5.92 Å². The monoisotopic (exact) mass is 286 g/mol. The molecule has 20 heavy (non-hydrogen) atoms. The number of benzene rings is 1. The molecule has 0 aliphatic rings. The number of amides is 2. The summed E-state index contributed by atoms with van der Waals surface area (Å²) in [5.41, 5.74) is 0.0737. The Hall–Kier alpha value is -1.69. The second-order valence-electron chi connectivity index (χ2n) is 5.03. The number of aliphatic hydroxyl groups excluding tert-OH is 1. The predicted molar refractivity (Wildman–Crippen MR) is 72.2 cm³/mol. The number of hydrogen-bond donors (Lipinski definition) is 3. The van der Waals surface area contributed by atoms with E-state index in [0.717, 1.165) is 6.07 Å². The van der Waals surface area contributed by atoms with Crippen LogP contribution in [0.5, 0.6) is 0 Å². The fourth-order valence-electron chi connectivity index (χ4n) is 1.61. The van der Waals surface area contributed by atoms with E-state index in [1.54, 1.807) is 6.92 Å². The van der Waals surface area contributed by atoms with E-state index in [9.17, 15) is 18.7 Å². The van der Waals surface area contributed by atoms with Gasteiger partial charge in [0, 0.05) is 12.1 Å². The van der Waals surface area contributed by atoms with Gasteiger partial charge in [0.2, 0.25) is 0 Å². The van der Waals surface area contributed by atoms with Crippen LogP contribution in [0.25, 0.3) is 0 Å². The zero-order valence-electron chi connectivity index (χ0n) is 11.8. The van der Waals surface area contributed by atoms with Crippen molar-refractivity contribution in [3.63, 3.8) is 0 Å². The maximum Gasteiger partial charge on any atom is 0.315 e. The molecule has 0 heterocycles. The number of nitrogens with one attached hydrogen (secondary N) is 2. The lowest BCUT2D eigenvalue weighted by Gasteiger charge is -2.18. The van der Waals surface area contributed by atoms with Crippen molar-refractivity contribution in [2.75, 3.05) is 6.54 Å². The first-order valence-electron chi connectivity index (χ1n) is 6.49. The molecular formula is C14H20F2N2O2. The van der Waals surface area contributed by atoms with E-state index < -0.39 is 29.8 Å². The van der Waals surface area contributed by atoms with Gasteiger partial charge >= 0.3 is 6.03 Å². The van der Waals surface area contributed by atoms with Crippen molar-refractivity contribution in [3.05, 3.63) is 35.4 Å². The number of carbonyl (C=O) groups excluding carboxylic acids is 1. The first-order valence-corrected chi connectivity index (χ1v) is 6.49. The SMILES string of the molecule is CC(NC(=O)NCC(O)C(C)C)c1cccc(F)c1F. The van der Waals surface area contributed by atoms with Crippen molar-refractivity contribution < 1.29 is 18.7 Å². The van der Waals surface area contributed by atoms with Gasteiger partial charge in [-0.1, -0.05) is 26.0 Å². The first-order chi connectivity index (χ1) is 9.32. The van der Waals surface area contributed by atoms with Crippen LogP contribution in [0.4, 0.5) is 13.6 Å². The van der Waals surface area contributed by atoms with Gasteiger partial charge in [-0.2, -0.15) is 0 Å². The third-order valence-corrected chi connectivity index (χ3v) is 3.04. The van der Waals surface area contributed by atoms with Crippen LogP contribution in [0.15, 0.2) is 18.2 Å². The highest BCUT2D eigenvalue weighted by Gasteiger charge is 2.17. The third-order valence-electron chi connectivity index (χ3n) is 3.04. The molecule has 0 aliphatic heterocycles. The summed E-state index contributed by atoms with van der Waals surface area (Å²) in [4.78, 5) is 11.6. The molecule has 4 nitrogen and oxygen atoms in total. The molecule has 2 unspecified atom stereocenters. The zero-order chi connectivity index (χ0) is 15.3. The molecule has 6 heteroatoms. The summed E-state index contributed by atoms with van der Waals surface area (Å²) in [5, 5.41) is 14.5. The summed E-state index contributed by atoms with van der Waals surface area (Å²) in [5.74, 6) is -1.90. The normalized spacial score (nSPS) is 13.9. The molecule has 1 rings (SSSR count). The van der Waals surface area contributed by atoms with E-state index in [4.69, 9.17) is 0 Å². The minimum atomic E-state index is -0.970. The van der Waals surface area contributed by atoms with Crippen LogP contribution in [0, 0.1) is 17.6 Å². The third kappa shape index (κ3) is 4.45. The van der Waals surface area contributed by atoms with Gasteiger partial charge in [-0.3, -0.25) is 0 Å². The van der Waals surface area contributed by atoms with Crippen molar-refractivity contribution >= 4 is 6.03 Å². The second-order valence-corrected chi connectivity index (χ2v) is 5.03. The summed E-state index contributed by atoms with van der Waals surface area (Å²) in [6, 6.07) is 2.59. The largest absolute Gasteiger partial charge is 0.391 e. The Labute approximate surface area is 117 Å². The molecule has 0 fully saturated rings. The van der Waals surface area contributed by atoms with Crippen LogP contribution >= 0.6 is 0 Å². The Morgan fingerprint density at radius 1 is 1.30 bits per heavy atom. The van der Waals surface area contributed by atoms with Crippen molar-refractivity contribution in [1.29, 1.82) is 0 Å². The van der Waals surface area contributed by atoms with Gasteiger partial charge < -0.3 is 15.7 Å². The molecule has 0 aromatic heterocycles. The highest BCUT2D eigenvalue weighted by atomic mass is 19.2. The summed E-state index contributed by atoms with van der Waals surface area (Å²) in [6.07, 6.45) is -0.651. The van der Waals surface area contributed by atoms with Crippen LogP contribution in [-0.2, 0) is 0 Å². The Kier molecular flexibility index (Phi) is 5.88. The highest BCUT2D eigenvalue weighted by molar-refractivity contribution is 5.74. The standard InChI is InChI=1S/C14H20F2N2O2/c1-8(2)12(19)7-17-14(20)18-9(3)10-5-4-6-11(15)13(10)16/h4-6,8-9,12,19H,7H2,1-3H3,(H2,17,18,20). The smallest absolute Gasteiger partial charge is 0.315 e. The van der Waals surface area contributed by atoms with E-state index in [-0.39, 0.29) is 18.0 Å². The molecule has 1 aromatic carbocycles. The number of hydrogen-bond acceptors (Lipinski definition) is 2. The van der Waals surface area contributed by atoms with Gasteiger partial charge in [-0.05, 0) is 18.9 Å². The number of carbonyl (C=O) groups is 1. The van der Waals surface area contributed by atoms with E-state index in [1.807, 2.05) is 13.8 Å². The summed E-state index contributed by atoms with van der Waals surface area (Å²) < 4.78 is 26.6. The molecular weight excluding hydrogens is 266 g/mol. The maximum atomic E-state index is 13.5. The quantitative estimate of drug-likeness (QED) is 0.778. The molecule has 0 bridgehead atoms. The Bertz CT molecular complexity index is 466. The number of rotatable bonds is 5. The summed E-state index contributed by atoms with van der Waals surface area (Å²) >= 11 is 0. The molecule has 3 N–H and O–H groups in total. The Balaban J connectivity index is 2.55. The Morgan fingerprint density at radius 2 is 1.95 bits per heavy atom. The average Bonchev–Trinajstić information content (AvgIpc) is 2.38. The predicted octanol–water partition coefficient (Wildman–Crippen LogP) is 2.34. The van der Waals surface area contributed by atoms with Gasteiger partial charge in [0.25, 0.3) is 0 Å². The first kappa shape index (κ1) is 16.4. The van der Waals surface area contributed by atoms with Crippen LogP contribution in [0.3, 0.4) is 0 Å². The molecule has 0 aliphatic carbocycles. The lowest BCUT2D eigenvalue weighted by Crippen LogP contribution is -2.42. The second kappa shape index (κ2) is 7.19. The molecule has 0 radical (unpaired) electrons. The summed E-state index contributed by atoms with van der Waals surface area (Å²) in [6.45, 7) is 5.31. The highest BCUT2D eigenvalue weighted by Crippen LogP contribution is 2.18. The number of aliphatic hydroxyl groups is 1. The van der Waals surface area contributed by atoms with Gasteiger partial charge in [0.15, 0.2) is 11.6 Å².